The molecule has 3 N–H and O–H groups in total. The summed E-state index contributed by atoms with van der Waals surface area (Å²) in [6.07, 6.45) is 0. The molecule has 4 rings (SSSR count). The lowest BCUT2D eigenvalue weighted by Crippen LogP contribution is -3.09. The van der Waals surface area contributed by atoms with Crippen LogP contribution in [0.3, 0.4) is 0 Å². The van der Waals surface area contributed by atoms with Gasteiger partial charge in [0.1, 0.15) is 0 Å². The van der Waals surface area contributed by atoms with Gasteiger partial charge in [-0.2, -0.15) is 0 Å². The van der Waals surface area contributed by atoms with Crippen molar-refractivity contribution in [1.29, 1.82) is 0 Å². The Morgan fingerprint density at radius 2 is 1.79 bits per heavy atom. The number of carbonyl (C=O) groups excluding carboxylic acids is 2. The highest BCUT2D eigenvalue weighted by Gasteiger charge is 2.36. The topological polar surface area (TPSA) is 65.9 Å². The number of hydrogen-bond donors (Lipinski definition) is 3. The van der Waals surface area contributed by atoms with Gasteiger partial charge in [0.2, 0.25) is 0 Å². The molecule has 0 spiro atoms. The molecule has 1 atom stereocenters. The van der Waals surface area contributed by atoms with Gasteiger partial charge in [-0.1, -0.05) is 24.3 Å². The fraction of sp³-hybridized carbons (Fsp3) is 0.391. The molecule has 0 amide bonds. The van der Waals surface area contributed by atoms with E-state index in [1.165, 1.54) is 4.90 Å². The van der Waals surface area contributed by atoms with E-state index in [2.05, 4.69) is 36.4 Å². The lowest BCUT2D eigenvalue weighted by Gasteiger charge is -2.35. The number of nitrogens with one attached hydrogen (secondary N) is 3. The van der Waals surface area contributed by atoms with E-state index in [1.807, 2.05) is 18.2 Å². The third-order valence-electron chi connectivity index (χ3n) is 6.05. The number of carbonyl (C=O) groups is 2. The summed E-state index contributed by atoms with van der Waals surface area (Å²) in [5, 5.41) is 6.87. The van der Waals surface area contributed by atoms with Crippen molar-refractivity contribution in [3.8, 4) is 0 Å². The quantitative estimate of drug-likeness (QED) is 0.595. The number of hydrogen-bond acceptors (Lipinski definition) is 5. The summed E-state index contributed by atoms with van der Waals surface area (Å²) in [7, 11) is 2.15. The third-order valence-corrected chi connectivity index (χ3v) is 6.05. The minimum absolute atomic E-state index is 0.0724. The lowest BCUT2D eigenvalue weighted by molar-refractivity contribution is -0.875. The normalized spacial score (nSPS) is 15.9. The van der Waals surface area contributed by atoms with Crippen LogP contribution < -0.4 is 20.4 Å². The van der Waals surface area contributed by atoms with Crippen LogP contribution in [-0.4, -0.2) is 57.9 Å². The van der Waals surface area contributed by atoms with Gasteiger partial charge in [-0.05, 0) is 19.9 Å². The molecule has 2 aromatic rings. The molecule has 6 nitrogen and oxygen atoms in total. The van der Waals surface area contributed by atoms with Gasteiger partial charge in [-0.25, -0.2) is 0 Å². The fourth-order valence-electron chi connectivity index (χ4n) is 4.20. The zero-order chi connectivity index (χ0) is 20.5. The Labute approximate surface area is 171 Å². The highest BCUT2D eigenvalue weighted by Crippen LogP contribution is 2.43. The molecule has 152 valence electrons. The number of rotatable bonds is 6. The summed E-state index contributed by atoms with van der Waals surface area (Å²) in [5.74, 6) is -0.149. The summed E-state index contributed by atoms with van der Waals surface area (Å²) in [6.45, 7) is 9.49. The highest BCUT2D eigenvalue weighted by molar-refractivity contribution is 6.32. The number of nitrogens with zero attached hydrogens (tertiary/aromatic N) is 1. The Morgan fingerprint density at radius 1 is 1.10 bits per heavy atom. The van der Waals surface area contributed by atoms with Crippen molar-refractivity contribution in [1.82, 2.24) is 0 Å². The molecular weight excluding hydrogens is 364 g/mol. The first-order chi connectivity index (χ1) is 14.1. The van der Waals surface area contributed by atoms with E-state index < -0.39 is 0 Å². The minimum Gasteiger partial charge on any atom is -0.381 e. The Kier molecular flexibility index (Phi) is 5.28. The zero-order valence-corrected chi connectivity index (χ0v) is 17.4. The molecule has 1 aliphatic carbocycles. The first-order valence-corrected chi connectivity index (χ1v) is 10.5. The summed E-state index contributed by atoms with van der Waals surface area (Å²) in [4.78, 5) is 30.6. The van der Waals surface area contributed by atoms with Gasteiger partial charge in [0, 0.05) is 36.4 Å². The Morgan fingerprint density at radius 3 is 2.45 bits per heavy atom. The lowest BCUT2D eigenvalue weighted by atomic mass is 9.81. The molecule has 0 saturated heterocycles. The molecule has 29 heavy (non-hydrogen) atoms. The highest BCUT2D eigenvalue weighted by atomic mass is 16.1. The summed E-state index contributed by atoms with van der Waals surface area (Å²) < 4.78 is 0. The maximum Gasteiger partial charge on any atom is 0.196 e. The van der Waals surface area contributed by atoms with Gasteiger partial charge in [-0.3, -0.25) is 9.59 Å². The van der Waals surface area contributed by atoms with Crippen molar-refractivity contribution < 1.29 is 14.5 Å². The van der Waals surface area contributed by atoms with Gasteiger partial charge in [-0.15, -0.1) is 0 Å². The van der Waals surface area contributed by atoms with Crippen molar-refractivity contribution in [2.75, 3.05) is 61.8 Å². The molecule has 0 aromatic heterocycles. The Balaban J connectivity index is 1.86. The number of ketones is 2. The molecule has 1 aliphatic heterocycles. The van der Waals surface area contributed by atoms with Crippen molar-refractivity contribution in [3.05, 3.63) is 52.6 Å². The second kappa shape index (κ2) is 7.87. The van der Waals surface area contributed by atoms with E-state index in [0.29, 0.717) is 22.3 Å². The maximum absolute atomic E-state index is 13.5. The first kappa shape index (κ1) is 19.5. The molecule has 0 radical (unpaired) electrons. The number of quaternary nitrogens is 1. The third kappa shape index (κ3) is 3.27. The van der Waals surface area contributed by atoms with Crippen LogP contribution in [0.5, 0.6) is 0 Å². The zero-order valence-electron chi connectivity index (χ0n) is 17.4. The average Bonchev–Trinajstić information content (AvgIpc) is 2.76. The molecule has 6 heteroatoms. The SMILES string of the molecule is CCN1CCNc2c1cc(NCC[NH+](C)CC)c1c2C(=O)c2ccccc2C1=O. The molecular formula is C23H29N4O2+. The molecule has 1 unspecified atom stereocenters. The van der Waals surface area contributed by atoms with Crippen LogP contribution in [0.2, 0.25) is 0 Å². The van der Waals surface area contributed by atoms with Crippen molar-refractivity contribution in [2.45, 2.75) is 13.8 Å². The van der Waals surface area contributed by atoms with E-state index in [-0.39, 0.29) is 11.6 Å². The van der Waals surface area contributed by atoms with E-state index in [4.69, 9.17) is 0 Å². The van der Waals surface area contributed by atoms with E-state index in [1.54, 1.807) is 12.1 Å². The standard InChI is InChI=1S/C23H28N4O2/c1-4-26(3)12-10-24-17-14-18-21(25-11-13-27(18)5-2)20-19(17)22(28)15-8-6-7-9-16(15)23(20)29/h6-9,14,24-25H,4-5,10-13H2,1-3H3/p+1. The number of fused-ring (bicyclic) bond motifs is 4. The summed E-state index contributed by atoms with van der Waals surface area (Å²) >= 11 is 0. The van der Waals surface area contributed by atoms with Crippen molar-refractivity contribution in [3.63, 3.8) is 0 Å². The minimum atomic E-state index is -0.0767. The van der Waals surface area contributed by atoms with Crippen molar-refractivity contribution >= 4 is 28.6 Å². The second-order valence-electron chi connectivity index (χ2n) is 7.77. The van der Waals surface area contributed by atoms with Gasteiger partial charge < -0.3 is 20.4 Å². The summed E-state index contributed by atoms with van der Waals surface area (Å²) in [5.41, 5.74) is 4.56. The smallest absolute Gasteiger partial charge is 0.196 e. The van der Waals surface area contributed by atoms with Crippen molar-refractivity contribution in [2.24, 2.45) is 0 Å². The predicted molar refractivity (Wildman–Crippen MR) is 117 cm³/mol. The van der Waals surface area contributed by atoms with Crippen LogP contribution in [0, 0.1) is 0 Å². The first-order valence-electron chi connectivity index (χ1n) is 10.5. The molecule has 1 heterocycles. The van der Waals surface area contributed by atoms with Crippen LogP contribution >= 0.6 is 0 Å². The van der Waals surface area contributed by atoms with Gasteiger partial charge in [0.25, 0.3) is 0 Å². The van der Waals surface area contributed by atoms with Crippen LogP contribution in [0.25, 0.3) is 0 Å². The van der Waals surface area contributed by atoms with Gasteiger partial charge in [0.05, 0.1) is 49.2 Å². The van der Waals surface area contributed by atoms with Gasteiger partial charge in [0.15, 0.2) is 11.6 Å². The monoisotopic (exact) mass is 393 g/mol. The number of benzene rings is 2. The average molecular weight is 394 g/mol. The van der Waals surface area contributed by atoms with Crippen LogP contribution in [0.1, 0.15) is 45.7 Å². The maximum atomic E-state index is 13.5. The fourth-order valence-corrected chi connectivity index (χ4v) is 4.20. The molecule has 0 fully saturated rings. The molecule has 2 aliphatic rings. The van der Waals surface area contributed by atoms with E-state index in [0.717, 1.165) is 56.3 Å². The van der Waals surface area contributed by atoms with Crippen LogP contribution in [0.4, 0.5) is 17.1 Å². The van der Waals surface area contributed by atoms with Crippen LogP contribution in [-0.2, 0) is 0 Å². The molecule has 0 saturated carbocycles. The van der Waals surface area contributed by atoms with E-state index >= 15 is 0 Å². The number of anilines is 3. The van der Waals surface area contributed by atoms with Gasteiger partial charge >= 0.3 is 0 Å². The molecule has 2 aromatic carbocycles. The molecule has 0 bridgehead atoms. The summed E-state index contributed by atoms with van der Waals surface area (Å²) in [6, 6.07) is 9.19. The van der Waals surface area contributed by atoms with E-state index in [9.17, 15) is 9.59 Å². The number of likely N-dealkylation sites (N-methyl/N-ethyl adjacent to an activating group) is 2. The second-order valence-corrected chi connectivity index (χ2v) is 7.77. The van der Waals surface area contributed by atoms with Crippen LogP contribution in [0.15, 0.2) is 30.3 Å². The Bertz CT molecular complexity index is 970. The largest absolute Gasteiger partial charge is 0.381 e. The Hall–Kier alpha value is -2.86. The predicted octanol–water partition coefficient (Wildman–Crippen LogP) is 1.66.